The molecular formula is C16H21N3O4. The summed E-state index contributed by atoms with van der Waals surface area (Å²) < 4.78 is 0. The Morgan fingerprint density at radius 2 is 1.61 bits per heavy atom. The first-order chi connectivity index (χ1) is 10.9. The molecule has 1 aliphatic rings. The van der Waals surface area contributed by atoms with E-state index >= 15 is 0 Å². The number of benzene rings is 1. The van der Waals surface area contributed by atoms with Gasteiger partial charge in [-0.05, 0) is 37.6 Å². The molecule has 2 rings (SSSR count). The average Bonchev–Trinajstić information content (AvgIpc) is 2.54. The Labute approximate surface area is 134 Å². The van der Waals surface area contributed by atoms with Crippen molar-refractivity contribution in [2.75, 3.05) is 32.7 Å². The van der Waals surface area contributed by atoms with E-state index in [4.69, 9.17) is 5.11 Å². The fourth-order valence-electron chi connectivity index (χ4n) is 2.59. The van der Waals surface area contributed by atoms with E-state index in [1.165, 1.54) is 12.1 Å². The molecule has 1 aromatic rings. The number of hydrogen-bond donors (Lipinski definition) is 2. The number of aryl methyl sites for hydroxylation is 1. The van der Waals surface area contributed by atoms with Crippen molar-refractivity contribution in [1.82, 2.24) is 15.1 Å². The van der Waals surface area contributed by atoms with Gasteiger partial charge in [-0.15, -0.1) is 0 Å². The number of aromatic carboxylic acids is 1. The van der Waals surface area contributed by atoms with Gasteiger partial charge in [0.25, 0.3) is 5.91 Å². The van der Waals surface area contributed by atoms with Gasteiger partial charge >= 0.3 is 12.0 Å². The lowest BCUT2D eigenvalue weighted by molar-refractivity contribution is 0.0665. The maximum atomic E-state index is 12.5. The second-order valence-corrected chi connectivity index (χ2v) is 5.51. The minimum atomic E-state index is -1.05. The van der Waals surface area contributed by atoms with Crippen molar-refractivity contribution in [2.45, 2.75) is 13.8 Å². The van der Waals surface area contributed by atoms with Crippen LogP contribution in [-0.2, 0) is 0 Å². The van der Waals surface area contributed by atoms with Crippen LogP contribution in [0.5, 0.6) is 0 Å². The first-order valence-electron chi connectivity index (χ1n) is 7.59. The molecule has 0 radical (unpaired) electrons. The zero-order valence-corrected chi connectivity index (χ0v) is 13.3. The van der Waals surface area contributed by atoms with Gasteiger partial charge in [0.15, 0.2) is 0 Å². The van der Waals surface area contributed by atoms with Crippen molar-refractivity contribution in [3.8, 4) is 0 Å². The number of carboxylic acids is 1. The van der Waals surface area contributed by atoms with Crippen LogP contribution in [0.4, 0.5) is 4.79 Å². The highest BCUT2D eigenvalue weighted by Gasteiger charge is 2.25. The summed E-state index contributed by atoms with van der Waals surface area (Å²) in [5.74, 6) is -1.25. The summed E-state index contributed by atoms with van der Waals surface area (Å²) >= 11 is 0. The summed E-state index contributed by atoms with van der Waals surface area (Å²) in [6.07, 6.45) is 0. The highest BCUT2D eigenvalue weighted by molar-refractivity contribution is 5.98. The maximum Gasteiger partial charge on any atom is 0.335 e. The fourth-order valence-corrected chi connectivity index (χ4v) is 2.59. The molecule has 1 heterocycles. The zero-order chi connectivity index (χ0) is 17.0. The molecule has 0 spiro atoms. The van der Waals surface area contributed by atoms with E-state index in [0.29, 0.717) is 38.3 Å². The minimum Gasteiger partial charge on any atom is -0.478 e. The van der Waals surface area contributed by atoms with Gasteiger partial charge in [0.2, 0.25) is 0 Å². The fraction of sp³-hybridized carbons (Fsp3) is 0.438. The van der Waals surface area contributed by atoms with E-state index in [0.717, 1.165) is 5.56 Å². The summed E-state index contributed by atoms with van der Waals surface area (Å²) in [7, 11) is 0. The van der Waals surface area contributed by atoms with Gasteiger partial charge in [-0.3, -0.25) is 4.79 Å². The third-order valence-corrected chi connectivity index (χ3v) is 3.75. The van der Waals surface area contributed by atoms with Crippen LogP contribution in [0.1, 0.15) is 33.2 Å². The third kappa shape index (κ3) is 4.00. The Morgan fingerprint density at radius 3 is 2.17 bits per heavy atom. The number of carbonyl (C=O) groups is 3. The molecule has 0 unspecified atom stereocenters. The molecule has 3 amide bonds. The molecule has 0 bridgehead atoms. The molecule has 0 atom stereocenters. The first-order valence-corrected chi connectivity index (χ1v) is 7.59. The smallest absolute Gasteiger partial charge is 0.335 e. The molecule has 1 aromatic carbocycles. The molecule has 23 heavy (non-hydrogen) atoms. The number of rotatable bonds is 3. The quantitative estimate of drug-likeness (QED) is 0.875. The molecule has 7 nitrogen and oxygen atoms in total. The summed E-state index contributed by atoms with van der Waals surface area (Å²) in [6, 6.07) is 4.49. The molecule has 7 heteroatoms. The van der Waals surface area contributed by atoms with Crippen LogP contribution in [0, 0.1) is 6.92 Å². The van der Waals surface area contributed by atoms with Crippen molar-refractivity contribution in [2.24, 2.45) is 0 Å². The highest BCUT2D eigenvalue weighted by Crippen LogP contribution is 2.14. The Balaban J connectivity index is 2.05. The van der Waals surface area contributed by atoms with Crippen molar-refractivity contribution >= 4 is 17.9 Å². The van der Waals surface area contributed by atoms with Crippen LogP contribution in [-0.4, -0.2) is 65.5 Å². The van der Waals surface area contributed by atoms with Crippen LogP contribution < -0.4 is 5.32 Å². The number of nitrogens with zero attached hydrogens (tertiary/aromatic N) is 2. The van der Waals surface area contributed by atoms with Gasteiger partial charge in [-0.2, -0.15) is 0 Å². The van der Waals surface area contributed by atoms with E-state index in [9.17, 15) is 14.4 Å². The van der Waals surface area contributed by atoms with Crippen molar-refractivity contribution < 1.29 is 19.5 Å². The molecule has 1 saturated heterocycles. The largest absolute Gasteiger partial charge is 0.478 e. The van der Waals surface area contributed by atoms with Gasteiger partial charge in [-0.25, -0.2) is 9.59 Å². The van der Waals surface area contributed by atoms with E-state index in [-0.39, 0.29) is 17.5 Å². The predicted molar refractivity (Wildman–Crippen MR) is 84.7 cm³/mol. The average molecular weight is 319 g/mol. The number of amides is 3. The second-order valence-electron chi connectivity index (χ2n) is 5.51. The Morgan fingerprint density at radius 1 is 1.04 bits per heavy atom. The lowest BCUT2D eigenvalue weighted by Crippen LogP contribution is -2.53. The van der Waals surface area contributed by atoms with Crippen LogP contribution >= 0.6 is 0 Å². The normalized spacial score (nSPS) is 14.5. The van der Waals surface area contributed by atoms with Crippen molar-refractivity contribution in [3.63, 3.8) is 0 Å². The van der Waals surface area contributed by atoms with Crippen LogP contribution in [0.3, 0.4) is 0 Å². The molecule has 0 saturated carbocycles. The molecule has 0 aliphatic carbocycles. The number of nitrogens with one attached hydrogen (secondary N) is 1. The number of urea groups is 1. The Kier molecular flexibility index (Phi) is 5.20. The predicted octanol–water partition coefficient (Wildman–Crippen LogP) is 1.18. The summed E-state index contributed by atoms with van der Waals surface area (Å²) in [6.45, 7) is 5.99. The monoisotopic (exact) mass is 319 g/mol. The first kappa shape index (κ1) is 16.8. The van der Waals surface area contributed by atoms with Gasteiger partial charge in [0, 0.05) is 38.3 Å². The van der Waals surface area contributed by atoms with E-state index in [1.54, 1.807) is 22.8 Å². The molecule has 1 aliphatic heterocycles. The number of carboxylic acid groups (broad SMARTS) is 1. The standard InChI is InChI=1S/C16H21N3O4/c1-3-17-16(23)19-6-4-18(5-7-19)14(20)12-8-11(2)9-13(10-12)15(21)22/h8-10H,3-7H2,1-2H3,(H,17,23)(H,21,22). The number of piperazine rings is 1. The van der Waals surface area contributed by atoms with Crippen LogP contribution in [0.2, 0.25) is 0 Å². The molecular weight excluding hydrogens is 298 g/mol. The zero-order valence-electron chi connectivity index (χ0n) is 13.3. The topological polar surface area (TPSA) is 90.0 Å². The van der Waals surface area contributed by atoms with E-state index in [2.05, 4.69) is 5.32 Å². The SMILES string of the molecule is CCNC(=O)N1CCN(C(=O)c2cc(C)cc(C(=O)O)c2)CC1. The van der Waals surface area contributed by atoms with E-state index in [1.807, 2.05) is 6.92 Å². The van der Waals surface area contributed by atoms with Crippen LogP contribution in [0.15, 0.2) is 18.2 Å². The highest BCUT2D eigenvalue weighted by atomic mass is 16.4. The minimum absolute atomic E-state index is 0.106. The maximum absolute atomic E-state index is 12.5. The second kappa shape index (κ2) is 7.13. The van der Waals surface area contributed by atoms with Crippen molar-refractivity contribution in [3.05, 3.63) is 34.9 Å². The summed E-state index contributed by atoms with van der Waals surface area (Å²) in [5, 5.41) is 11.8. The number of hydrogen-bond acceptors (Lipinski definition) is 3. The van der Waals surface area contributed by atoms with Crippen molar-refractivity contribution in [1.29, 1.82) is 0 Å². The molecule has 1 fully saturated rings. The van der Waals surface area contributed by atoms with E-state index < -0.39 is 5.97 Å². The lowest BCUT2D eigenvalue weighted by atomic mass is 10.1. The molecule has 0 aromatic heterocycles. The van der Waals surface area contributed by atoms with Gasteiger partial charge in [0.1, 0.15) is 0 Å². The summed E-state index contributed by atoms with van der Waals surface area (Å²) in [4.78, 5) is 38.7. The van der Waals surface area contributed by atoms with Crippen LogP contribution in [0.25, 0.3) is 0 Å². The van der Waals surface area contributed by atoms with Gasteiger partial charge < -0.3 is 20.2 Å². The molecule has 2 N–H and O–H groups in total. The Bertz CT molecular complexity index is 622. The molecule has 124 valence electrons. The van der Waals surface area contributed by atoms with Gasteiger partial charge in [0.05, 0.1) is 5.56 Å². The summed E-state index contributed by atoms with van der Waals surface area (Å²) in [5.41, 5.74) is 1.21. The Hall–Kier alpha value is -2.57. The number of carbonyl (C=O) groups excluding carboxylic acids is 2. The third-order valence-electron chi connectivity index (χ3n) is 3.75. The lowest BCUT2D eigenvalue weighted by Gasteiger charge is -2.34. The van der Waals surface area contributed by atoms with Gasteiger partial charge in [-0.1, -0.05) is 0 Å².